The zero-order valence-electron chi connectivity index (χ0n) is 10.5. The molecule has 19 heavy (non-hydrogen) atoms. The average Bonchev–Trinajstić information content (AvgIpc) is 2.31. The Bertz CT molecular complexity index is 513. The van der Waals surface area contributed by atoms with Gasteiger partial charge in [0.05, 0.1) is 0 Å². The molecule has 2 N–H and O–H groups in total. The fourth-order valence-corrected chi connectivity index (χ4v) is 2.12. The van der Waals surface area contributed by atoms with E-state index >= 15 is 0 Å². The Balaban J connectivity index is 2.63. The van der Waals surface area contributed by atoms with Crippen molar-refractivity contribution in [3.05, 3.63) is 29.3 Å². The molecule has 1 rings (SSSR count). The zero-order valence-corrected chi connectivity index (χ0v) is 12.0. The summed E-state index contributed by atoms with van der Waals surface area (Å²) in [5, 5.41) is 12.0. The number of anilines is 1. The zero-order chi connectivity index (χ0) is 14.6. The van der Waals surface area contributed by atoms with Crippen molar-refractivity contribution in [2.24, 2.45) is 0 Å². The Morgan fingerprint density at radius 3 is 2.32 bits per heavy atom. The van der Waals surface area contributed by atoms with Crippen molar-refractivity contribution >= 4 is 40.0 Å². The molecular weight excluding hydrogens is 290 g/mol. The highest BCUT2D eigenvalue weighted by molar-refractivity contribution is 7.88. The molecule has 0 saturated heterocycles. The van der Waals surface area contributed by atoms with Crippen LogP contribution in [0.2, 0.25) is 5.02 Å². The van der Waals surface area contributed by atoms with Crippen LogP contribution in [0.1, 0.15) is 13.8 Å². The maximum atomic E-state index is 11.8. The number of carbonyl (C=O) groups excluding carboxylic acids is 1. The predicted molar refractivity (Wildman–Crippen MR) is 74.8 cm³/mol. The summed E-state index contributed by atoms with van der Waals surface area (Å²) < 4.78 is 10.3. The standard InChI is InChI=1S/C12H14ClNO4S/c1-12(2,11(16)17)19(18)7-10(15)14-9-5-3-8(13)4-6-9/h3-6H,7H2,1-2H3,(H,14,15)(H,16,17). The van der Waals surface area contributed by atoms with Crippen molar-refractivity contribution in [2.45, 2.75) is 18.6 Å². The maximum Gasteiger partial charge on any atom is 0.321 e. The second-order valence-electron chi connectivity index (χ2n) is 4.36. The molecule has 1 atom stereocenters. The van der Waals surface area contributed by atoms with Crippen molar-refractivity contribution in [1.82, 2.24) is 0 Å². The third kappa shape index (κ3) is 4.33. The molecule has 1 aromatic carbocycles. The van der Waals surface area contributed by atoms with Crippen molar-refractivity contribution in [3.8, 4) is 0 Å². The Labute approximate surface area is 118 Å². The number of amides is 1. The smallest absolute Gasteiger partial charge is 0.321 e. The molecule has 0 aliphatic rings. The van der Waals surface area contributed by atoms with Gasteiger partial charge in [-0.15, -0.1) is 0 Å². The molecule has 0 radical (unpaired) electrons. The van der Waals surface area contributed by atoms with E-state index < -0.39 is 27.4 Å². The molecule has 1 aromatic rings. The molecule has 0 fully saturated rings. The van der Waals surface area contributed by atoms with Gasteiger partial charge >= 0.3 is 5.97 Å². The van der Waals surface area contributed by atoms with Gasteiger partial charge in [0, 0.05) is 21.5 Å². The number of nitrogens with one attached hydrogen (secondary N) is 1. The van der Waals surface area contributed by atoms with Gasteiger partial charge in [0.25, 0.3) is 0 Å². The number of halogens is 1. The van der Waals surface area contributed by atoms with Crippen LogP contribution in [-0.2, 0) is 20.4 Å². The lowest BCUT2D eigenvalue weighted by Crippen LogP contribution is -2.40. The van der Waals surface area contributed by atoms with Gasteiger partial charge in [-0.2, -0.15) is 0 Å². The summed E-state index contributed by atoms with van der Waals surface area (Å²) in [6.07, 6.45) is 0. The fraction of sp³-hybridized carbons (Fsp3) is 0.333. The molecule has 1 unspecified atom stereocenters. The molecule has 0 heterocycles. The van der Waals surface area contributed by atoms with Crippen LogP contribution in [0.4, 0.5) is 5.69 Å². The van der Waals surface area contributed by atoms with Crippen molar-refractivity contribution in [3.63, 3.8) is 0 Å². The Hall–Kier alpha value is -1.40. The van der Waals surface area contributed by atoms with Crippen molar-refractivity contribution in [1.29, 1.82) is 0 Å². The van der Waals surface area contributed by atoms with Crippen LogP contribution >= 0.6 is 11.6 Å². The normalized spacial score (nSPS) is 12.8. The monoisotopic (exact) mass is 303 g/mol. The molecule has 1 amide bonds. The quantitative estimate of drug-likeness (QED) is 0.870. The molecule has 7 heteroatoms. The van der Waals surface area contributed by atoms with Gasteiger partial charge in [-0.3, -0.25) is 13.8 Å². The number of hydrogen-bond donors (Lipinski definition) is 2. The largest absolute Gasteiger partial charge is 0.480 e. The molecule has 0 aromatic heterocycles. The number of carboxylic acid groups (broad SMARTS) is 1. The first-order valence-electron chi connectivity index (χ1n) is 5.41. The van der Waals surface area contributed by atoms with E-state index in [1.54, 1.807) is 24.3 Å². The molecule has 0 aliphatic heterocycles. The predicted octanol–water partition coefficient (Wildman–Crippen LogP) is 1.89. The lowest BCUT2D eigenvalue weighted by atomic mass is 10.2. The summed E-state index contributed by atoms with van der Waals surface area (Å²) in [7, 11) is -1.81. The topological polar surface area (TPSA) is 83.5 Å². The fourth-order valence-electron chi connectivity index (χ4n) is 1.13. The van der Waals surface area contributed by atoms with Gasteiger partial charge in [0.1, 0.15) is 10.5 Å². The number of hydrogen-bond acceptors (Lipinski definition) is 3. The first-order chi connectivity index (χ1) is 8.73. The number of carbonyl (C=O) groups is 2. The van der Waals surface area contributed by atoms with Crippen LogP contribution < -0.4 is 5.32 Å². The summed E-state index contributed by atoms with van der Waals surface area (Å²) in [6.45, 7) is 2.64. The number of carboxylic acids is 1. The van der Waals surface area contributed by atoms with Crippen LogP contribution in [0.25, 0.3) is 0 Å². The Kier molecular flexibility index (Phi) is 5.08. The minimum Gasteiger partial charge on any atom is -0.480 e. The highest BCUT2D eigenvalue weighted by atomic mass is 35.5. The highest BCUT2D eigenvalue weighted by Gasteiger charge is 2.35. The molecule has 0 spiro atoms. The molecule has 0 bridgehead atoms. The van der Waals surface area contributed by atoms with E-state index in [0.717, 1.165) is 0 Å². The van der Waals surface area contributed by atoms with Gasteiger partial charge < -0.3 is 10.4 Å². The van der Waals surface area contributed by atoms with E-state index in [2.05, 4.69) is 5.32 Å². The Morgan fingerprint density at radius 1 is 1.32 bits per heavy atom. The van der Waals surface area contributed by atoms with Gasteiger partial charge in [-0.1, -0.05) is 11.6 Å². The molecule has 104 valence electrons. The second-order valence-corrected chi connectivity index (χ2v) is 6.80. The summed E-state index contributed by atoms with van der Waals surface area (Å²) in [4.78, 5) is 22.5. The maximum absolute atomic E-state index is 11.8. The molecule has 0 aliphatic carbocycles. The lowest BCUT2D eigenvalue weighted by Gasteiger charge is -2.18. The van der Waals surface area contributed by atoms with E-state index in [1.807, 2.05) is 0 Å². The van der Waals surface area contributed by atoms with E-state index in [-0.39, 0.29) is 5.75 Å². The lowest BCUT2D eigenvalue weighted by molar-refractivity contribution is -0.139. The SMILES string of the molecule is CC(C)(C(=O)O)S(=O)CC(=O)Nc1ccc(Cl)cc1. The van der Waals surface area contributed by atoms with Crippen molar-refractivity contribution in [2.75, 3.05) is 11.1 Å². The summed E-state index contributed by atoms with van der Waals surface area (Å²) in [5.74, 6) is -2.08. The number of aliphatic carboxylic acids is 1. The van der Waals surface area contributed by atoms with E-state index in [0.29, 0.717) is 10.7 Å². The van der Waals surface area contributed by atoms with Crippen molar-refractivity contribution < 1.29 is 18.9 Å². The van der Waals surface area contributed by atoms with Crippen LogP contribution in [0.3, 0.4) is 0 Å². The van der Waals surface area contributed by atoms with Gasteiger partial charge in [-0.05, 0) is 38.1 Å². The van der Waals surface area contributed by atoms with Crippen LogP contribution in [-0.4, -0.2) is 31.7 Å². The van der Waals surface area contributed by atoms with Crippen LogP contribution in [0.5, 0.6) is 0 Å². The first-order valence-corrected chi connectivity index (χ1v) is 7.10. The number of rotatable bonds is 5. The minimum absolute atomic E-state index is 0.373. The summed E-state index contributed by atoms with van der Waals surface area (Å²) in [6, 6.07) is 6.42. The van der Waals surface area contributed by atoms with Gasteiger partial charge in [0.2, 0.25) is 5.91 Å². The average molecular weight is 304 g/mol. The molecule has 0 saturated carbocycles. The second kappa shape index (κ2) is 6.16. The number of benzene rings is 1. The Morgan fingerprint density at radius 2 is 1.84 bits per heavy atom. The summed E-state index contributed by atoms with van der Waals surface area (Å²) >= 11 is 5.70. The molecule has 5 nitrogen and oxygen atoms in total. The van der Waals surface area contributed by atoms with E-state index in [9.17, 15) is 13.8 Å². The van der Waals surface area contributed by atoms with Gasteiger partial charge in [0.15, 0.2) is 0 Å². The highest BCUT2D eigenvalue weighted by Crippen LogP contribution is 2.15. The third-order valence-corrected chi connectivity index (χ3v) is 4.56. The van der Waals surface area contributed by atoms with Gasteiger partial charge in [-0.25, -0.2) is 0 Å². The van der Waals surface area contributed by atoms with E-state index in [4.69, 9.17) is 16.7 Å². The van der Waals surface area contributed by atoms with E-state index in [1.165, 1.54) is 13.8 Å². The van der Waals surface area contributed by atoms with Crippen LogP contribution in [0, 0.1) is 0 Å². The first kappa shape index (κ1) is 15.7. The minimum atomic E-state index is -1.81. The molecular formula is C12H14ClNO4S. The van der Waals surface area contributed by atoms with Crippen LogP contribution in [0.15, 0.2) is 24.3 Å². The third-order valence-electron chi connectivity index (χ3n) is 2.47. The summed E-state index contributed by atoms with van der Waals surface area (Å²) in [5.41, 5.74) is 0.513.